The first kappa shape index (κ1) is 11.8. The van der Waals surface area contributed by atoms with Crippen molar-refractivity contribution in [3.63, 3.8) is 0 Å². The maximum Gasteiger partial charge on any atom is 0.321 e. The maximum absolute atomic E-state index is 11.9. The van der Waals surface area contributed by atoms with Crippen molar-refractivity contribution in [2.24, 2.45) is 5.92 Å². The summed E-state index contributed by atoms with van der Waals surface area (Å²) >= 11 is 0. The molecule has 0 spiro atoms. The molecule has 0 bridgehead atoms. The molecule has 3 N–H and O–H groups in total. The molecule has 1 aromatic rings. The molecule has 1 aliphatic carbocycles. The molecule has 2 amide bonds. The number of anilines is 2. The number of nitrogens with one attached hydrogen (secondary N) is 1. The normalized spacial score (nSPS) is 15.1. The van der Waals surface area contributed by atoms with Crippen molar-refractivity contribution in [2.75, 3.05) is 24.6 Å². The number of carbonyl (C=O) groups is 1. The Morgan fingerprint density at radius 2 is 2.06 bits per heavy atom. The number of nitrogens with two attached hydrogens (primary N) is 1. The van der Waals surface area contributed by atoms with Gasteiger partial charge >= 0.3 is 6.03 Å². The Morgan fingerprint density at radius 1 is 1.41 bits per heavy atom. The van der Waals surface area contributed by atoms with Gasteiger partial charge in [0.25, 0.3) is 0 Å². The molecule has 1 fully saturated rings. The van der Waals surface area contributed by atoms with Crippen LogP contribution in [0.3, 0.4) is 0 Å². The lowest BCUT2D eigenvalue weighted by Gasteiger charge is -2.30. The molecule has 17 heavy (non-hydrogen) atoms. The Kier molecular flexibility index (Phi) is 3.52. The summed E-state index contributed by atoms with van der Waals surface area (Å²) in [7, 11) is 1.84. The van der Waals surface area contributed by atoms with Crippen LogP contribution in [0.15, 0.2) is 24.3 Å². The third-order valence-corrected chi connectivity index (χ3v) is 3.27. The standard InChI is InChI=1S/C13H19N3O/c1-16(9-10-3-2-4-10)13(17)15-12-7-5-11(14)6-8-12/h5-8,10H,2-4,9,14H2,1H3,(H,15,17). The zero-order valence-electron chi connectivity index (χ0n) is 10.1. The molecule has 4 heteroatoms. The summed E-state index contributed by atoms with van der Waals surface area (Å²) in [6, 6.07) is 7.12. The van der Waals surface area contributed by atoms with E-state index in [4.69, 9.17) is 5.73 Å². The van der Waals surface area contributed by atoms with Gasteiger partial charge in [0.2, 0.25) is 0 Å². The lowest BCUT2D eigenvalue weighted by atomic mass is 9.85. The molecule has 2 rings (SSSR count). The van der Waals surface area contributed by atoms with Crippen molar-refractivity contribution >= 4 is 17.4 Å². The van der Waals surface area contributed by atoms with Crippen LogP contribution in [0.25, 0.3) is 0 Å². The fraction of sp³-hybridized carbons (Fsp3) is 0.462. The highest BCUT2D eigenvalue weighted by atomic mass is 16.2. The predicted octanol–water partition coefficient (Wildman–Crippen LogP) is 2.53. The Balaban J connectivity index is 1.84. The lowest BCUT2D eigenvalue weighted by Crippen LogP contribution is -2.37. The summed E-state index contributed by atoms with van der Waals surface area (Å²) in [6.45, 7) is 0.848. The smallest absolute Gasteiger partial charge is 0.321 e. The molecule has 0 radical (unpaired) electrons. The van der Waals surface area contributed by atoms with E-state index in [0.29, 0.717) is 11.6 Å². The van der Waals surface area contributed by atoms with Gasteiger partial charge in [-0.3, -0.25) is 0 Å². The monoisotopic (exact) mass is 233 g/mol. The Morgan fingerprint density at radius 3 is 2.59 bits per heavy atom. The molecule has 1 aliphatic rings. The van der Waals surface area contributed by atoms with Crippen LogP contribution in [-0.2, 0) is 0 Å². The molecular formula is C13H19N3O. The Labute approximate surface area is 102 Å². The number of hydrogen-bond acceptors (Lipinski definition) is 2. The van der Waals surface area contributed by atoms with E-state index in [2.05, 4.69) is 5.32 Å². The van der Waals surface area contributed by atoms with Gasteiger partial charge in [0.05, 0.1) is 0 Å². The number of benzene rings is 1. The summed E-state index contributed by atoms with van der Waals surface area (Å²) in [4.78, 5) is 13.6. The highest BCUT2D eigenvalue weighted by molar-refractivity contribution is 5.89. The second-order valence-electron chi connectivity index (χ2n) is 4.73. The zero-order valence-corrected chi connectivity index (χ0v) is 10.1. The van der Waals surface area contributed by atoms with Crippen molar-refractivity contribution in [2.45, 2.75) is 19.3 Å². The fourth-order valence-corrected chi connectivity index (χ4v) is 1.93. The average Bonchev–Trinajstić information content (AvgIpc) is 2.26. The second kappa shape index (κ2) is 5.08. The summed E-state index contributed by atoms with van der Waals surface area (Å²) < 4.78 is 0. The van der Waals surface area contributed by atoms with Crippen LogP contribution < -0.4 is 11.1 Å². The van der Waals surface area contributed by atoms with Gasteiger partial charge in [0.1, 0.15) is 0 Å². The van der Waals surface area contributed by atoms with Gasteiger partial charge in [-0.25, -0.2) is 4.79 Å². The van der Waals surface area contributed by atoms with Crippen LogP contribution in [0.4, 0.5) is 16.2 Å². The molecule has 0 unspecified atom stereocenters. The van der Waals surface area contributed by atoms with Gasteiger partial charge < -0.3 is 16.0 Å². The van der Waals surface area contributed by atoms with Crippen LogP contribution in [0, 0.1) is 5.92 Å². The number of nitrogen functional groups attached to an aromatic ring is 1. The summed E-state index contributed by atoms with van der Waals surface area (Å²) in [5, 5.41) is 2.85. The van der Waals surface area contributed by atoms with E-state index in [9.17, 15) is 4.79 Å². The predicted molar refractivity (Wildman–Crippen MR) is 69.8 cm³/mol. The van der Waals surface area contributed by atoms with E-state index < -0.39 is 0 Å². The van der Waals surface area contributed by atoms with Gasteiger partial charge in [-0.05, 0) is 43.0 Å². The Bertz CT molecular complexity index is 384. The number of hydrogen-bond donors (Lipinski definition) is 2. The van der Waals surface area contributed by atoms with Gasteiger partial charge in [0.15, 0.2) is 0 Å². The van der Waals surface area contributed by atoms with Gasteiger partial charge in [-0.1, -0.05) is 6.42 Å². The molecule has 1 aromatic carbocycles. The van der Waals surface area contributed by atoms with Crippen LogP contribution in [0.5, 0.6) is 0 Å². The van der Waals surface area contributed by atoms with Crippen molar-refractivity contribution < 1.29 is 4.79 Å². The molecule has 0 heterocycles. The molecule has 0 aliphatic heterocycles. The third kappa shape index (κ3) is 3.12. The average molecular weight is 233 g/mol. The molecular weight excluding hydrogens is 214 g/mol. The van der Waals surface area contributed by atoms with Crippen LogP contribution >= 0.6 is 0 Å². The maximum atomic E-state index is 11.9. The molecule has 4 nitrogen and oxygen atoms in total. The summed E-state index contributed by atoms with van der Waals surface area (Å²) in [6.07, 6.45) is 3.80. The third-order valence-electron chi connectivity index (χ3n) is 3.27. The SMILES string of the molecule is CN(CC1CCC1)C(=O)Nc1ccc(N)cc1. The van der Waals surface area contributed by atoms with E-state index >= 15 is 0 Å². The molecule has 92 valence electrons. The molecule has 1 saturated carbocycles. The Hall–Kier alpha value is -1.71. The van der Waals surface area contributed by atoms with Crippen LogP contribution in [-0.4, -0.2) is 24.5 Å². The van der Waals surface area contributed by atoms with Crippen LogP contribution in [0.1, 0.15) is 19.3 Å². The van der Waals surface area contributed by atoms with E-state index in [-0.39, 0.29) is 6.03 Å². The first-order valence-corrected chi connectivity index (χ1v) is 6.03. The second-order valence-corrected chi connectivity index (χ2v) is 4.73. The zero-order chi connectivity index (χ0) is 12.3. The highest BCUT2D eigenvalue weighted by Gasteiger charge is 2.21. The topological polar surface area (TPSA) is 58.4 Å². The van der Waals surface area contributed by atoms with Crippen molar-refractivity contribution in [3.05, 3.63) is 24.3 Å². The van der Waals surface area contributed by atoms with Crippen molar-refractivity contribution in [1.29, 1.82) is 0 Å². The first-order chi connectivity index (χ1) is 8.15. The minimum atomic E-state index is -0.0540. The van der Waals surface area contributed by atoms with E-state index in [1.807, 2.05) is 19.2 Å². The minimum absolute atomic E-state index is 0.0540. The number of carbonyl (C=O) groups excluding carboxylic acids is 1. The number of amides is 2. The number of rotatable bonds is 3. The lowest BCUT2D eigenvalue weighted by molar-refractivity contribution is 0.194. The van der Waals surface area contributed by atoms with E-state index in [1.165, 1.54) is 19.3 Å². The number of urea groups is 1. The molecule has 0 saturated heterocycles. The molecule has 0 atom stereocenters. The van der Waals surface area contributed by atoms with E-state index in [1.54, 1.807) is 17.0 Å². The number of nitrogens with zero attached hydrogens (tertiary/aromatic N) is 1. The highest BCUT2D eigenvalue weighted by Crippen LogP contribution is 2.26. The minimum Gasteiger partial charge on any atom is -0.399 e. The first-order valence-electron chi connectivity index (χ1n) is 6.03. The fourth-order valence-electron chi connectivity index (χ4n) is 1.93. The molecule has 0 aromatic heterocycles. The van der Waals surface area contributed by atoms with E-state index in [0.717, 1.165) is 12.2 Å². The quantitative estimate of drug-likeness (QED) is 0.788. The van der Waals surface area contributed by atoms with Crippen molar-refractivity contribution in [1.82, 2.24) is 4.90 Å². The largest absolute Gasteiger partial charge is 0.399 e. The summed E-state index contributed by atoms with van der Waals surface area (Å²) in [5.74, 6) is 0.692. The summed E-state index contributed by atoms with van der Waals surface area (Å²) in [5.41, 5.74) is 7.07. The van der Waals surface area contributed by atoms with Gasteiger partial charge in [0, 0.05) is 25.0 Å². The van der Waals surface area contributed by atoms with Crippen LogP contribution in [0.2, 0.25) is 0 Å². The van der Waals surface area contributed by atoms with Gasteiger partial charge in [-0.15, -0.1) is 0 Å². The van der Waals surface area contributed by atoms with Crippen molar-refractivity contribution in [3.8, 4) is 0 Å². The van der Waals surface area contributed by atoms with Gasteiger partial charge in [-0.2, -0.15) is 0 Å².